The summed E-state index contributed by atoms with van der Waals surface area (Å²) in [6.07, 6.45) is 6.96. The SMILES string of the molecule is CCCCC(CC)CC(NCC)C1CN(C(C)C)CCO1. The van der Waals surface area contributed by atoms with Gasteiger partial charge in [0.05, 0.1) is 12.7 Å². The third kappa shape index (κ3) is 6.66. The topological polar surface area (TPSA) is 24.5 Å². The number of hydrogen-bond donors (Lipinski definition) is 1. The molecule has 1 rings (SSSR count). The number of hydrogen-bond acceptors (Lipinski definition) is 3. The molecule has 1 aliphatic rings. The van der Waals surface area contributed by atoms with Gasteiger partial charge in [0, 0.05) is 25.2 Å². The average molecular weight is 299 g/mol. The Morgan fingerprint density at radius 2 is 2.00 bits per heavy atom. The van der Waals surface area contributed by atoms with E-state index in [1.165, 1.54) is 32.1 Å². The summed E-state index contributed by atoms with van der Waals surface area (Å²) < 4.78 is 6.12. The van der Waals surface area contributed by atoms with E-state index < -0.39 is 0 Å². The molecular weight excluding hydrogens is 260 g/mol. The lowest BCUT2D eigenvalue weighted by atomic mass is 9.89. The molecule has 0 aromatic carbocycles. The second-order valence-corrected chi connectivity index (χ2v) is 6.81. The molecule has 21 heavy (non-hydrogen) atoms. The van der Waals surface area contributed by atoms with Crippen molar-refractivity contribution in [3.63, 3.8) is 0 Å². The lowest BCUT2D eigenvalue weighted by Crippen LogP contribution is -2.54. The molecule has 1 N–H and O–H groups in total. The zero-order valence-electron chi connectivity index (χ0n) is 15.0. The van der Waals surface area contributed by atoms with E-state index in [1.54, 1.807) is 0 Å². The van der Waals surface area contributed by atoms with Crippen LogP contribution in [0.3, 0.4) is 0 Å². The van der Waals surface area contributed by atoms with Crippen LogP contribution >= 0.6 is 0 Å². The van der Waals surface area contributed by atoms with E-state index in [-0.39, 0.29) is 0 Å². The Bertz CT molecular complexity index is 258. The molecule has 0 radical (unpaired) electrons. The summed E-state index contributed by atoms with van der Waals surface area (Å²) in [4.78, 5) is 2.56. The molecule has 3 atom stereocenters. The van der Waals surface area contributed by atoms with Crippen molar-refractivity contribution in [2.45, 2.75) is 84.9 Å². The average Bonchev–Trinajstić information content (AvgIpc) is 2.50. The van der Waals surface area contributed by atoms with E-state index in [4.69, 9.17) is 4.74 Å². The quantitative estimate of drug-likeness (QED) is 0.666. The highest BCUT2D eigenvalue weighted by molar-refractivity contribution is 4.85. The fourth-order valence-corrected chi connectivity index (χ4v) is 3.38. The third-order valence-corrected chi connectivity index (χ3v) is 4.90. The summed E-state index contributed by atoms with van der Waals surface area (Å²) in [7, 11) is 0. The van der Waals surface area contributed by atoms with Crippen LogP contribution in [0.4, 0.5) is 0 Å². The Kier molecular flexibility index (Phi) is 9.54. The van der Waals surface area contributed by atoms with Crippen LogP contribution in [0.15, 0.2) is 0 Å². The second kappa shape index (κ2) is 10.6. The van der Waals surface area contributed by atoms with Gasteiger partial charge in [0.2, 0.25) is 0 Å². The maximum Gasteiger partial charge on any atom is 0.0855 e. The van der Waals surface area contributed by atoms with E-state index in [2.05, 4.69) is 44.8 Å². The zero-order chi connectivity index (χ0) is 15.7. The molecule has 1 saturated heterocycles. The summed E-state index contributed by atoms with van der Waals surface area (Å²) in [6.45, 7) is 15.5. The summed E-state index contributed by atoms with van der Waals surface area (Å²) in [5.41, 5.74) is 0. The molecule has 3 heteroatoms. The second-order valence-electron chi connectivity index (χ2n) is 6.81. The highest BCUT2D eigenvalue weighted by atomic mass is 16.5. The van der Waals surface area contributed by atoms with Crippen molar-refractivity contribution in [3.05, 3.63) is 0 Å². The van der Waals surface area contributed by atoms with Crippen molar-refractivity contribution in [1.29, 1.82) is 0 Å². The highest BCUT2D eigenvalue weighted by Gasteiger charge is 2.30. The Morgan fingerprint density at radius 1 is 1.24 bits per heavy atom. The van der Waals surface area contributed by atoms with Gasteiger partial charge in [-0.1, -0.05) is 46.5 Å². The Labute approximate surface area is 132 Å². The first-order valence-electron chi connectivity index (χ1n) is 9.21. The summed E-state index contributed by atoms with van der Waals surface area (Å²) >= 11 is 0. The number of likely N-dealkylation sites (N-methyl/N-ethyl adjacent to an activating group) is 1. The van der Waals surface area contributed by atoms with Crippen LogP contribution in [0.2, 0.25) is 0 Å². The van der Waals surface area contributed by atoms with Crippen molar-refractivity contribution >= 4 is 0 Å². The lowest BCUT2D eigenvalue weighted by Gasteiger charge is -2.40. The fourth-order valence-electron chi connectivity index (χ4n) is 3.38. The number of ether oxygens (including phenoxy) is 1. The van der Waals surface area contributed by atoms with E-state index in [0.717, 1.165) is 32.2 Å². The predicted molar refractivity (Wildman–Crippen MR) is 91.8 cm³/mol. The van der Waals surface area contributed by atoms with E-state index in [9.17, 15) is 0 Å². The maximum atomic E-state index is 6.12. The molecule has 0 aromatic heterocycles. The van der Waals surface area contributed by atoms with Gasteiger partial charge in [0.15, 0.2) is 0 Å². The summed E-state index contributed by atoms with van der Waals surface area (Å²) in [6, 6.07) is 1.14. The predicted octanol–water partition coefficient (Wildman–Crippen LogP) is 3.68. The van der Waals surface area contributed by atoms with Crippen LogP contribution in [0, 0.1) is 5.92 Å². The Hall–Kier alpha value is -0.120. The third-order valence-electron chi connectivity index (χ3n) is 4.90. The van der Waals surface area contributed by atoms with Gasteiger partial charge in [-0.05, 0) is 32.7 Å². The smallest absolute Gasteiger partial charge is 0.0855 e. The number of morpholine rings is 1. The molecule has 126 valence electrons. The first kappa shape index (κ1) is 18.9. The molecule has 1 fully saturated rings. The fraction of sp³-hybridized carbons (Fsp3) is 1.00. The van der Waals surface area contributed by atoms with Crippen molar-refractivity contribution in [1.82, 2.24) is 10.2 Å². The molecule has 1 heterocycles. The molecule has 0 bridgehead atoms. The van der Waals surface area contributed by atoms with Gasteiger partial charge in [0.1, 0.15) is 0 Å². The zero-order valence-corrected chi connectivity index (χ0v) is 15.0. The summed E-state index contributed by atoms with van der Waals surface area (Å²) in [5.74, 6) is 0.840. The van der Waals surface area contributed by atoms with Gasteiger partial charge in [-0.25, -0.2) is 0 Å². The van der Waals surface area contributed by atoms with E-state index >= 15 is 0 Å². The normalized spacial score (nSPS) is 23.4. The minimum Gasteiger partial charge on any atom is -0.374 e. The Balaban J connectivity index is 2.57. The van der Waals surface area contributed by atoms with Crippen LogP contribution < -0.4 is 5.32 Å². The number of rotatable bonds is 10. The minimum atomic E-state index is 0.358. The number of unbranched alkanes of at least 4 members (excludes halogenated alkanes) is 1. The highest BCUT2D eigenvalue weighted by Crippen LogP contribution is 2.22. The van der Waals surface area contributed by atoms with Crippen molar-refractivity contribution in [2.24, 2.45) is 5.92 Å². The van der Waals surface area contributed by atoms with Crippen LogP contribution in [-0.2, 0) is 4.74 Å². The van der Waals surface area contributed by atoms with Crippen molar-refractivity contribution in [2.75, 3.05) is 26.2 Å². The van der Waals surface area contributed by atoms with Gasteiger partial charge in [0.25, 0.3) is 0 Å². The molecule has 3 nitrogen and oxygen atoms in total. The molecule has 0 spiro atoms. The molecule has 0 aromatic rings. The summed E-state index contributed by atoms with van der Waals surface area (Å²) in [5, 5.41) is 3.70. The number of nitrogens with one attached hydrogen (secondary N) is 1. The van der Waals surface area contributed by atoms with Crippen molar-refractivity contribution < 1.29 is 4.74 Å². The standard InChI is InChI=1S/C18H38N2O/c1-6-9-10-16(7-2)13-17(19-8-3)18-14-20(15(4)5)11-12-21-18/h15-19H,6-14H2,1-5H3. The van der Waals surface area contributed by atoms with Crippen LogP contribution in [-0.4, -0.2) is 49.3 Å². The largest absolute Gasteiger partial charge is 0.374 e. The van der Waals surface area contributed by atoms with Gasteiger partial charge < -0.3 is 10.1 Å². The van der Waals surface area contributed by atoms with Crippen molar-refractivity contribution in [3.8, 4) is 0 Å². The van der Waals surface area contributed by atoms with Crippen LogP contribution in [0.25, 0.3) is 0 Å². The lowest BCUT2D eigenvalue weighted by molar-refractivity contribution is -0.0587. The molecule has 1 aliphatic heterocycles. The number of nitrogens with zero attached hydrogens (tertiary/aromatic N) is 1. The minimum absolute atomic E-state index is 0.358. The first-order valence-corrected chi connectivity index (χ1v) is 9.21. The monoisotopic (exact) mass is 298 g/mol. The maximum absolute atomic E-state index is 6.12. The molecule has 3 unspecified atom stereocenters. The van der Waals surface area contributed by atoms with Gasteiger partial charge in [-0.3, -0.25) is 4.90 Å². The molecule has 0 amide bonds. The van der Waals surface area contributed by atoms with Gasteiger partial charge in [-0.15, -0.1) is 0 Å². The van der Waals surface area contributed by atoms with E-state index in [0.29, 0.717) is 18.2 Å². The Morgan fingerprint density at radius 3 is 2.57 bits per heavy atom. The van der Waals surface area contributed by atoms with Gasteiger partial charge >= 0.3 is 0 Å². The van der Waals surface area contributed by atoms with Crippen LogP contribution in [0.1, 0.15) is 66.7 Å². The molecule has 0 saturated carbocycles. The van der Waals surface area contributed by atoms with Crippen LogP contribution in [0.5, 0.6) is 0 Å². The molecular formula is C18H38N2O. The van der Waals surface area contributed by atoms with Gasteiger partial charge in [-0.2, -0.15) is 0 Å². The first-order chi connectivity index (χ1) is 10.1. The molecule has 0 aliphatic carbocycles. The van der Waals surface area contributed by atoms with E-state index in [1.807, 2.05) is 0 Å².